The summed E-state index contributed by atoms with van der Waals surface area (Å²) in [6, 6.07) is 7.96. The van der Waals surface area contributed by atoms with E-state index in [1.807, 2.05) is 31.2 Å². The average Bonchev–Trinajstić information content (AvgIpc) is 2.34. The summed E-state index contributed by atoms with van der Waals surface area (Å²) in [5.41, 5.74) is 7.09. The zero-order chi connectivity index (χ0) is 11.8. The summed E-state index contributed by atoms with van der Waals surface area (Å²) in [5.74, 6) is 0.872. The van der Waals surface area contributed by atoms with Gasteiger partial charge in [-0.05, 0) is 19.4 Å². The van der Waals surface area contributed by atoms with E-state index in [1.165, 1.54) is 0 Å². The van der Waals surface area contributed by atoms with E-state index >= 15 is 0 Å². The number of hydrogen-bond donors (Lipinski definition) is 1. The Morgan fingerprint density at radius 1 is 1.19 bits per heavy atom. The molecule has 16 heavy (non-hydrogen) atoms. The molecule has 0 radical (unpaired) electrons. The first-order valence-electron chi connectivity index (χ1n) is 5.84. The number of benzene rings is 1. The third-order valence-corrected chi connectivity index (χ3v) is 2.45. The van der Waals surface area contributed by atoms with Gasteiger partial charge in [0.05, 0.1) is 6.61 Å². The van der Waals surface area contributed by atoms with Gasteiger partial charge in [0.15, 0.2) is 0 Å². The standard InChI is InChI=1S/C13H21NO2/c1-3-12(14)11-7-5-6-8-13(11)16-10-9-15-4-2/h5-8,12H,3-4,9-10,14H2,1-2H3/t12-/m0/s1. The highest BCUT2D eigenvalue weighted by Crippen LogP contribution is 2.25. The minimum atomic E-state index is 0.0447. The Morgan fingerprint density at radius 2 is 1.94 bits per heavy atom. The zero-order valence-corrected chi connectivity index (χ0v) is 10.1. The molecule has 1 atom stereocenters. The van der Waals surface area contributed by atoms with E-state index in [2.05, 4.69) is 6.92 Å². The highest BCUT2D eigenvalue weighted by atomic mass is 16.5. The van der Waals surface area contributed by atoms with Crippen molar-refractivity contribution in [2.75, 3.05) is 19.8 Å². The molecule has 0 aromatic heterocycles. The van der Waals surface area contributed by atoms with Crippen molar-refractivity contribution in [3.8, 4) is 5.75 Å². The van der Waals surface area contributed by atoms with Crippen LogP contribution in [0.5, 0.6) is 5.75 Å². The molecule has 1 aromatic carbocycles. The predicted octanol–water partition coefficient (Wildman–Crippen LogP) is 2.51. The van der Waals surface area contributed by atoms with E-state index in [-0.39, 0.29) is 6.04 Å². The van der Waals surface area contributed by atoms with Crippen LogP contribution in [0.2, 0.25) is 0 Å². The molecule has 0 aliphatic heterocycles. The molecule has 0 spiro atoms. The minimum Gasteiger partial charge on any atom is -0.491 e. The van der Waals surface area contributed by atoms with Crippen LogP contribution in [0.15, 0.2) is 24.3 Å². The first kappa shape index (κ1) is 13.0. The highest BCUT2D eigenvalue weighted by Gasteiger charge is 2.09. The topological polar surface area (TPSA) is 44.5 Å². The van der Waals surface area contributed by atoms with Crippen LogP contribution in [0.4, 0.5) is 0 Å². The van der Waals surface area contributed by atoms with Crippen molar-refractivity contribution in [2.45, 2.75) is 26.3 Å². The van der Waals surface area contributed by atoms with Gasteiger partial charge < -0.3 is 15.2 Å². The van der Waals surface area contributed by atoms with Crippen LogP contribution in [0.3, 0.4) is 0 Å². The van der Waals surface area contributed by atoms with Crippen LogP contribution in [0.25, 0.3) is 0 Å². The highest BCUT2D eigenvalue weighted by molar-refractivity contribution is 5.35. The second-order valence-corrected chi connectivity index (χ2v) is 3.60. The number of rotatable bonds is 7. The van der Waals surface area contributed by atoms with Gasteiger partial charge in [-0.25, -0.2) is 0 Å². The second-order valence-electron chi connectivity index (χ2n) is 3.60. The molecule has 0 unspecified atom stereocenters. The maximum Gasteiger partial charge on any atom is 0.124 e. The molecule has 0 amide bonds. The quantitative estimate of drug-likeness (QED) is 0.722. The number of hydrogen-bond acceptors (Lipinski definition) is 3. The second kappa shape index (κ2) is 7.25. The Hall–Kier alpha value is -1.06. The van der Waals surface area contributed by atoms with Crippen molar-refractivity contribution in [3.05, 3.63) is 29.8 Å². The minimum absolute atomic E-state index is 0.0447. The molecule has 0 aliphatic rings. The van der Waals surface area contributed by atoms with E-state index in [0.29, 0.717) is 13.2 Å². The molecular weight excluding hydrogens is 202 g/mol. The Morgan fingerprint density at radius 3 is 2.62 bits per heavy atom. The largest absolute Gasteiger partial charge is 0.491 e. The summed E-state index contributed by atoms with van der Waals surface area (Å²) in [5, 5.41) is 0. The molecule has 2 N–H and O–H groups in total. The molecule has 1 rings (SSSR count). The van der Waals surface area contributed by atoms with Gasteiger partial charge >= 0.3 is 0 Å². The molecule has 0 aliphatic carbocycles. The molecule has 0 heterocycles. The lowest BCUT2D eigenvalue weighted by Gasteiger charge is -2.15. The van der Waals surface area contributed by atoms with Crippen molar-refractivity contribution in [1.82, 2.24) is 0 Å². The average molecular weight is 223 g/mol. The fourth-order valence-corrected chi connectivity index (χ4v) is 1.49. The molecule has 0 saturated carbocycles. The molecule has 0 fully saturated rings. The van der Waals surface area contributed by atoms with Gasteiger partial charge in [0.2, 0.25) is 0 Å². The number of ether oxygens (including phenoxy) is 2. The molecule has 90 valence electrons. The van der Waals surface area contributed by atoms with Crippen LogP contribution in [0, 0.1) is 0 Å². The Kier molecular flexibility index (Phi) is 5.90. The van der Waals surface area contributed by atoms with Gasteiger partial charge in [-0.3, -0.25) is 0 Å². The van der Waals surface area contributed by atoms with Crippen molar-refractivity contribution in [3.63, 3.8) is 0 Å². The third kappa shape index (κ3) is 3.83. The van der Waals surface area contributed by atoms with E-state index in [9.17, 15) is 0 Å². The van der Waals surface area contributed by atoms with E-state index in [4.69, 9.17) is 15.2 Å². The number of nitrogens with two attached hydrogens (primary N) is 1. The van der Waals surface area contributed by atoms with Gasteiger partial charge in [-0.1, -0.05) is 25.1 Å². The summed E-state index contributed by atoms with van der Waals surface area (Å²) < 4.78 is 10.9. The fraction of sp³-hybridized carbons (Fsp3) is 0.538. The number of para-hydroxylation sites is 1. The SMILES string of the molecule is CCOCCOc1ccccc1[C@@H](N)CC. The van der Waals surface area contributed by atoms with E-state index in [1.54, 1.807) is 0 Å². The maximum atomic E-state index is 6.01. The van der Waals surface area contributed by atoms with Crippen LogP contribution in [0.1, 0.15) is 31.9 Å². The van der Waals surface area contributed by atoms with Crippen LogP contribution >= 0.6 is 0 Å². The van der Waals surface area contributed by atoms with Gasteiger partial charge in [0.25, 0.3) is 0 Å². The third-order valence-electron chi connectivity index (χ3n) is 2.45. The molecular formula is C13H21NO2. The monoisotopic (exact) mass is 223 g/mol. The summed E-state index contributed by atoms with van der Waals surface area (Å²) in [6.07, 6.45) is 0.909. The Balaban J connectivity index is 2.57. The van der Waals surface area contributed by atoms with E-state index < -0.39 is 0 Å². The van der Waals surface area contributed by atoms with Gasteiger partial charge in [-0.15, -0.1) is 0 Å². The van der Waals surface area contributed by atoms with Crippen LogP contribution in [-0.4, -0.2) is 19.8 Å². The first-order chi connectivity index (χ1) is 7.79. The van der Waals surface area contributed by atoms with Crippen molar-refractivity contribution >= 4 is 0 Å². The lowest BCUT2D eigenvalue weighted by molar-refractivity contribution is 0.109. The van der Waals surface area contributed by atoms with Gasteiger partial charge in [0.1, 0.15) is 12.4 Å². The Bertz CT molecular complexity index is 302. The molecule has 3 heteroatoms. The Labute approximate surface area is 97.6 Å². The maximum absolute atomic E-state index is 6.01. The van der Waals surface area contributed by atoms with Crippen LogP contribution in [-0.2, 0) is 4.74 Å². The molecule has 0 saturated heterocycles. The van der Waals surface area contributed by atoms with E-state index in [0.717, 1.165) is 24.3 Å². The van der Waals surface area contributed by atoms with Crippen LogP contribution < -0.4 is 10.5 Å². The summed E-state index contributed by atoms with van der Waals surface area (Å²) >= 11 is 0. The van der Waals surface area contributed by atoms with Crippen molar-refractivity contribution < 1.29 is 9.47 Å². The fourth-order valence-electron chi connectivity index (χ4n) is 1.49. The first-order valence-corrected chi connectivity index (χ1v) is 5.84. The van der Waals surface area contributed by atoms with Crippen molar-refractivity contribution in [1.29, 1.82) is 0 Å². The normalized spacial score (nSPS) is 12.4. The predicted molar refractivity (Wildman–Crippen MR) is 65.6 cm³/mol. The lowest BCUT2D eigenvalue weighted by Crippen LogP contribution is -2.13. The summed E-state index contributed by atoms with van der Waals surface area (Å²) in [7, 11) is 0. The molecule has 0 bridgehead atoms. The molecule has 1 aromatic rings. The smallest absolute Gasteiger partial charge is 0.124 e. The summed E-state index contributed by atoms with van der Waals surface area (Å²) in [4.78, 5) is 0. The lowest BCUT2D eigenvalue weighted by atomic mass is 10.0. The van der Waals surface area contributed by atoms with Gasteiger partial charge in [0, 0.05) is 18.2 Å². The molecule has 3 nitrogen and oxygen atoms in total. The van der Waals surface area contributed by atoms with Crippen molar-refractivity contribution in [2.24, 2.45) is 5.73 Å². The van der Waals surface area contributed by atoms with Gasteiger partial charge in [-0.2, -0.15) is 0 Å². The zero-order valence-electron chi connectivity index (χ0n) is 10.1. The summed E-state index contributed by atoms with van der Waals surface area (Å²) in [6.45, 7) is 5.95.